The van der Waals surface area contributed by atoms with Crippen LogP contribution in [0, 0.1) is 11.3 Å². The number of hydrogen-bond donors (Lipinski definition) is 3. The molecular weight excluding hydrogens is 500 g/mol. The summed E-state index contributed by atoms with van der Waals surface area (Å²) in [5, 5.41) is 16.1. The second kappa shape index (κ2) is 16.6. The van der Waals surface area contributed by atoms with Crippen molar-refractivity contribution < 1.29 is 19.1 Å². The number of halogens is 1. The third kappa shape index (κ3) is 9.49. The maximum Gasteiger partial charge on any atom is 0.310 e. The molecule has 3 N–H and O–H groups in total. The van der Waals surface area contributed by atoms with Gasteiger partial charge in [-0.2, -0.15) is 5.26 Å². The number of aldehydes is 1. The van der Waals surface area contributed by atoms with E-state index in [2.05, 4.69) is 44.0 Å². The molecule has 1 aromatic rings. The first-order valence-corrected chi connectivity index (χ1v) is 11.8. The zero-order valence-corrected chi connectivity index (χ0v) is 22.3. The molecular formula is C25H35BrN4O4. The van der Waals surface area contributed by atoms with Gasteiger partial charge in [-0.05, 0) is 72.9 Å². The van der Waals surface area contributed by atoms with Crippen molar-refractivity contribution in [3.05, 3.63) is 51.5 Å². The van der Waals surface area contributed by atoms with Crippen LogP contribution in [0.25, 0.3) is 0 Å². The number of carbonyl (C=O) groups is 3. The number of allylic oxidation sites excluding steroid dienone is 2. The molecule has 0 radical (unpaired) electrons. The second-order valence-electron chi connectivity index (χ2n) is 6.88. The first-order chi connectivity index (χ1) is 16.3. The standard InChI is InChI=1S/C12H15N3O3.C11H14BrNO.C2H6/c1-3-9(10(4-2)8-16)7-15-12(18)11(17)14-6-5-13;1-13-11(5-6-11)8-3-4-10(14-2)9(12)7-8;1-2/h3-4,8H,6-7H2,1-2H3,(H,14,17)(H,15,18);3-4,7,13H,5-6H2,1-2H3;1-2H3/b9-3-,10-4-;;. The number of benzene rings is 1. The van der Waals surface area contributed by atoms with E-state index in [0.29, 0.717) is 17.4 Å². The normalized spacial score (nSPS) is 13.6. The maximum absolute atomic E-state index is 11.3. The van der Waals surface area contributed by atoms with Gasteiger partial charge in [0.1, 0.15) is 18.6 Å². The predicted octanol–water partition coefficient (Wildman–Crippen LogP) is 3.53. The van der Waals surface area contributed by atoms with Crippen molar-refractivity contribution in [1.29, 1.82) is 5.26 Å². The lowest BCUT2D eigenvalue weighted by Crippen LogP contribution is -2.40. The molecule has 0 heterocycles. The third-order valence-electron chi connectivity index (χ3n) is 5.06. The topological polar surface area (TPSA) is 120 Å². The molecule has 1 aliphatic rings. The van der Waals surface area contributed by atoms with Crippen LogP contribution < -0.4 is 20.7 Å². The van der Waals surface area contributed by atoms with Gasteiger partial charge in [0, 0.05) is 17.7 Å². The number of nitrogens with zero attached hydrogens (tertiary/aromatic N) is 1. The van der Waals surface area contributed by atoms with Crippen LogP contribution >= 0.6 is 15.9 Å². The Hall–Kier alpha value is -2.96. The van der Waals surface area contributed by atoms with Gasteiger partial charge in [-0.1, -0.05) is 32.1 Å². The summed E-state index contributed by atoms with van der Waals surface area (Å²) < 4.78 is 6.23. The first kappa shape index (κ1) is 31.0. The summed E-state index contributed by atoms with van der Waals surface area (Å²) in [5.41, 5.74) is 2.64. The average Bonchev–Trinajstić information content (AvgIpc) is 3.68. The van der Waals surface area contributed by atoms with Crippen molar-refractivity contribution in [2.24, 2.45) is 0 Å². The number of nitriles is 1. The Morgan fingerprint density at radius 1 is 1.18 bits per heavy atom. The fourth-order valence-electron chi connectivity index (χ4n) is 2.93. The lowest BCUT2D eigenvalue weighted by Gasteiger charge is -2.15. The highest BCUT2D eigenvalue weighted by Gasteiger charge is 2.42. The smallest absolute Gasteiger partial charge is 0.310 e. The monoisotopic (exact) mass is 534 g/mol. The third-order valence-corrected chi connectivity index (χ3v) is 5.68. The minimum atomic E-state index is -0.875. The molecule has 1 aromatic carbocycles. The van der Waals surface area contributed by atoms with Crippen LogP contribution in [0.2, 0.25) is 0 Å². The highest BCUT2D eigenvalue weighted by atomic mass is 79.9. The van der Waals surface area contributed by atoms with Gasteiger partial charge < -0.3 is 20.7 Å². The number of ether oxygens (including phenoxy) is 1. The molecule has 0 aromatic heterocycles. The van der Waals surface area contributed by atoms with Crippen LogP contribution in [-0.2, 0) is 19.9 Å². The molecule has 1 fully saturated rings. The van der Waals surface area contributed by atoms with E-state index in [1.165, 1.54) is 18.4 Å². The van der Waals surface area contributed by atoms with Gasteiger partial charge in [0.05, 0.1) is 17.7 Å². The van der Waals surface area contributed by atoms with E-state index in [0.717, 1.165) is 10.2 Å². The Kier molecular flexibility index (Phi) is 15.2. The van der Waals surface area contributed by atoms with Crippen LogP contribution in [0.4, 0.5) is 0 Å². The summed E-state index contributed by atoms with van der Waals surface area (Å²) in [5.74, 6) is -0.827. The number of carbonyl (C=O) groups excluding carboxylic acids is 3. The minimum absolute atomic E-state index is 0.0771. The number of amides is 2. The van der Waals surface area contributed by atoms with E-state index in [9.17, 15) is 14.4 Å². The molecule has 0 saturated heterocycles. The van der Waals surface area contributed by atoms with Crippen molar-refractivity contribution in [3.8, 4) is 11.8 Å². The molecule has 0 spiro atoms. The Balaban J connectivity index is 0.000000608. The van der Waals surface area contributed by atoms with E-state index in [4.69, 9.17) is 10.00 Å². The first-order valence-electron chi connectivity index (χ1n) is 11.0. The fraction of sp³-hybridized carbons (Fsp3) is 0.440. The summed E-state index contributed by atoms with van der Waals surface area (Å²) in [7, 11) is 3.70. The molecule has 8 nitrogen and oxygen atoms in total. The van der Waals surface area contributed by atoms with Crippen LogP contribution in [0.1, 0.15) is 46.1 Å². The lowest BCUT2D eigenvalue weighted by atomic mass is 10.1. The molecule has 0 atom stereocenters. The van der Waals surface area contributed by atoms with Gasteiger partial charge in [0.25, 0.3) is 0 Å². The average molecular weight is 535 g/mol. The van der Waals surface area contributed by atoms with Crippen molar-refractivity contribution >= 4 is 34.0 Å². The van der Waals surface area contributed by atoms with E-state index < -0.39 is 11.8 Å². The number of nitrogens with one attached hydrogen (secondary N) is 3. The van der Waals surface area contributed by atoms with E-state index >= 15 is 0 Å². The van der Waals surface area contributed by atoms with Gasteiger partial charge in [-0.3, -0.25) is 14.4 Å². The van der Waals surface area contributed by atoms with Crippen molar-refractivity contribution in [2.45, 2.75) is 46.1 Å². The maximum atomic E-state index is 11.3. The SMILES string of the molecule is C/C=C(C=O)\C(=C/C)CNC(=O)C(=O)NCC#N.CC.CNC1(c2ccc(OC)c(Br)c2)CC1. The van der Waals surface area contributed by atoms with Gasteiger partial charge in [-0.25, -0.2) is 0 Å². The Labute approximate surface area is 210 Å². The Morgan fingerprint density at radius 2 is 1.79 bits per heavy atom. The molecule has 0 aliphatic heterocycles. The van der Waals surface area contributed by atoms with Crippen LogP contribution in [0.5, 0.6) is 5.75 Å². The van der Waals surface area contributed by atoms with Gasteiger partial charge in [-0.15, -0.1) is 0 Å². The molecule has 2 amide bonds. The highest BCUT2D eigenvalue weighted by Crippen LogP contribution is 2.46. The highest BCUT2D eigenvalue weighted by molar-refractivity contribution is 9.10. The fourth-order valence-corrected chi connectivity index (χ4v) is 3.47. The zero-order chi connectivity index (χ0) is 26.1. The molecule has 0 bridgehead atoms. The van der Waals surface area contributed by atoms with Crippen LogP contribution in [0.15, 0.2) is 46.0 Å². The van der Waals surface area contributed by atoms with Crippen LogP contribution in [0.3, 0.4) is 0 Å². The van der Waals surface area contributed by atoms with Crippen molar-refractivity contribution in [2.75, 3.05) is 27.2 Å². The second-order valence-corrected chi connectivity index (χ2v) is 7.74. The summed E-state index contributed by atoms with van der Waals surface area (Å²) in [6.07, 6.45) is 6.42. The largest absolute Gasteiger partial charge is 0.496 e. The number of hydrogen-bond acceptors (Lipinski definition) is 6. The van der Waals surface area contributed by atoms with Gasteiger partial charge in [0.2, 0.25) is 0 Å². The lowest BCUT2D eigenvalue weighted by molar-refractivity contribution is -0.138. The molecule has 9 heteroatoms. The van der Waals surface area contributed by atoms with E-state index in [-0.39, 0.29) is 18.6 Å². The predicted molar refractivity (Wildman–Crippen MR) is 137 cm³/mol. The quantitative estimate of drug-likeness (QED) is 0.154. The molecule has 0 unspecified atom stereocenters. The van der Waals surface area contributed by atoms with Crippen LogP contribution in [-0.4, -0.2) is 45.3 Å². The molecule has 2 rings (SSSR count). The van der Waals surface area contributed by atoms with Gasteiger partial charge >= 0.3 is 11.8 Å². The van der Waals surface area contributed by atoms with Crippen molar-refractivity contribution in [1.82, 2.24) is 16.0 Å². The Bertz CT molecular complexity index is 931. The summed E-state index contributed by atoms with van der Waals surface area (Å²) >= 11 is 3.50. The number of methoxy groups -OCH3 is 1. The molecule has 34 heavy (non-hydrogen) atoms. The minimum Gasteiger partial charge on any atom is -0.496 e. The van der Waals surface area contributed by atoms with E-state index in [1.807, 2.05) is 27.0 Å². The molecule has 1 saturated carbocycles. The zero-order valence-electron chi connectivity index (χ0n) is 20.8. The molecule has 186 valence electrons. The Morgan fingerprint density at radius 3 is 2.21 bits per heavy atom. The molecule has 1 aliphatic carbocycles. The number of rotatable bonds is 8. The van der Waals surface area contributed by atoms with Gasteiger partial charge in [0.15, 0.2) is 0 Å². The summed E-state index contributed by atoms with van der Waals surface area (Å²) in [6, 6.07) is 7.97. The summed E-state index contributed by atoms with van der Waals surface area (Å²) in [6.45, 7) is 7.28. The van der Waals surface area contributed by atoms with Crippen molar-refractivity contribution in [3.63, 3.8) is 0 Å². The summed E-state index contributed by atoms with van der Waals surface area (Å²) in [4.78, 5) is 33.2. The van der Waals surface area contributed by atoms with E-state index in [1.54, 1.807) is 39.2 Å².